The van der Waals surface area contributed by atoms with Gasteiger partial charge in [-0.2, -0.15) is 0 Å². The molecule has 10 heteroatoms. The second kappa shape index (κ2) is 6.66. The van der Waals surface area contributed by atoms with Crippen LogP contribution in [0, 0.1) is 0 Å². The van der Waals surface area contributed by atoms with E-state index in [1.807, 2.05) is 12.1 Å². The summed E-state index contributed by atoms with van der Waals surface area (Å²) < 4.78 is 25.3. The Morgan fingerprint density at radius 3 is 2.73 bits per heavy atom. The van der Waals surface area contributed by atoms with Crippen LogP contribution >= 0.6 is 15.9 Å². The number of halogens is 1. The normalized spacial score (nSPS) is 14.9. The highest BCUT2D eigenvalue weighted by atomic mass is 79.9. The molecule has 1 atom stereocenters. The molecular formula is C23H11BrN4O5. The number of hydrogen-bond donors (Lipinski definition) is 0. The number of rotatable bonds is 2. The van der Waals surface area contributed by atoms with Crippen molar-refractivity contribution in [2.45, 2.75) is 5.92 Å². The van der Waals surface area contributed by atoms with Gasteiger partial charge in [-0.3, -0.25) is 0 Å². The highest BCUT2D eigenvalue weighted by Crippen LogP contribution is 2.48. The molecule has 1 aromatic carbocycles. The quantitative estimate of drug-likeness (QED) is 0.299. The van der Waals surface area contributed by atoms with Crippen LogP contribution in [-0.4, -0.2) is 19.6 Å². The monoisotopic (exact) mass is 502 g/mol. The van der Waals surface area contributed by atoms with E-state index in [0.29, 0.717) is 61.4 Å². The molecule has 1 aliphatic heterocycles. The fourth-order valence-electron chi connectivity index (χ4n) is 4.21. The zero-order valence-electron chi connectivity index (χ0n) is 16.6. The van der Waals surface area contributed by atoms with Crippen LogP contribution in [0.3, 0.4) is 0 Å². The van der Waals surface area contributed by atoms with Gasteiger partial charge in [-0.05, 0) is 52.3 Å². The lowest BCUT2D eigenvalue weighted by molar-refractivity contribution is 0.406. The van der Waals surface area contributed by atoms with E-state index in [1.165, 1.54) is 10.8 Å². The molecule has 0 N–H and O–H groups in total. The molecule has 6 heterocycles. The molecule has 0 amide bonds. The van der Waals surface area contributed by atoms with Crippen LogP contribution in [0.15, 0.2) is 83.8 Å². The molecule has 5 aromatic heterocycles. The highest BCUT2D eigenvalue weighted by Gasteiger charge is 2.39. The first-order valence-electron chi connectivity index (χ1n) is 9.95. The Morgan fingerprint density at radius 2 is 1.91 bits per heavy atom. The van der Waals surface area contributed by atoms with E-state index in [-0.39, 0.29) is 0 Å². The van der Waals surface area contributed by atoms with Gasteiger partial charge in [0.15, 0.2) is 21.8 Å². The van der Waals surface area contributed by atoms with Crippen molar-refractivity contribution >= 4 is 32.5 Å². The fourth-order valence-corrected chi connectivity index (χ4v) is 4.51. The van der Waals surface area contributed by atoms with E-state index in [1.54, 1.807) is 42.7 Å². The van der Waals surface area contributed by atoms with E-state index in [2.05, 4.69) is 31.0 Å². The maximum atomic E-state index is 13.2. The molecule has 1 unspecified atom stereocenters. The van der Waals surface area contributed by atoms with Crippen LogP contribution in [0.4, 0.5) is 0 Å². The predicted octanol–water partition coefficient (Wildman–Crippen LogP) is 5.13. The van der Waals surface area contributed by atoms with E-state index in [0.717, 1.165) is 0 Å². The van der Waals surface area contributed by atoms with E-state index in [4.69, 9.17) is 18.0 Å². The van der Waals surface area contributed by atoms with Crippen molar-refractivity contribution in [2.24, 2.45) is 0 Å². The van der Waals surface area contributed by atoms with Gasteiger partial charge >= 0.3 is 5.63 Å². The Morgan fingerprint density at radius 1 is 1.00 bits per heavy atom. The first-order valence-corrected chi connectivity index (χ1v) is 10.7. The van der Waals surface area contributed by atoms with Crippen molar-refractivity contribution in [1.29, 1.82) is 0 Å². The van der Waals surface area contributed by atoms with Gasteiger partial charge in [0, 0.05) is 0 Å². The van der Waals surface area contributed by atoms with Gasteiger partial charge in [-0.15, -0.1) is 5.10 Å². The number of hydrogen-bond acceptors (Lipinski definition) is 8. The van der Waals surface area contributed by atoms with Crippen molar-refractivity contribution in [3.05, 3.63) is 93.1 Å². The van der Waals surface area contributed by atoms with E-state index in [9.17, 15) is 4.79 Å². The number of nitrogens with zero attached hydrogens (tertiary/aromatic N) is 4. The molecule has 160 valence electrons. The summed E-state index contributed by atoms with van der Waals surface area (Å²) in [6.45, 7) is 0. The zero-order chi connectivity index (χ0) is 22.1. The summed E-state index contributed by atoms with van der Waals surface area (Å²) in [7, 11) is 0. The summed E-state index contributed by atoms with van der Waals surface area (Å²) in [6.07, 6.45) is 3.07. The molecule has 9 nitrogen and oxygen atoms in total. The van der Waals surface area contributed by atoms with E-state index < -0.39 is 11.5 Å². The molecule has 0 fully saturated rings. The topological polar surface area (TPSA) is 109 Å². The molecule has 0 spiro atoms. The van der Waals surface area contributed by atoms with Crippen LogP contribution in [0.5, 0.6) is 11.6 Å². The zero-order valence-corrected chi connectivity index (χ0v) is 18.1. The highest BCUT2D eigenvalue weighted by molar-refractivity contribution is 9.10. The second-order valence-electron chi connectivity index (χ2n) is 7.45. The van der Waals surface area contributed by atoms with E-state index >= 15 is 0 Å². The third-order valence-corrected chi connectivity index (χ3v) is 6.01. The van der Waals surface area contributed by atoms with Gasteiger partial charge in [-0.1, -0.05) is 12.1 Å². The molecular weight excluding hydrogens is 492 g/mol. The standard InChI is InChI=1S/C23H11BrN4O5/c24-15-8-7-14(31-15)20-26-21-18-16(13-6-3-9-30-13)17-19(33-22(18)25-10-28(21)27-20)11-4-1-2-5-12(11)32-23(17)29/h1-10,16H. The molecule has 7 rings (SSSR count). The maximum absolute atomic E-state index is 13.2. The van der Waals surface area contributed by atoms with Crippen molar-refractivity contribution in [1.82, 2.24) is 19.6 Å². The summed E-state index contributed by atoms with van der Waals surface area (Å²) in [5.74, 6) is 1.43. The van der Waals surface area contributed by atoms with Gasteiger partial charge in [0.1, 0.15) is 17.7 Å². The Hall–Kier alpha value is -4.18. The van der Waals surface area contributed by atoms with Gasteiger partial charge in [0.25, 0.3) is 0 Å². The minimum Gasteiger partial charge on any atom is -0.468 e. The largest absolute Gasteiger partial charge is 0.468 e. The molecule has 0 saturated carbocycles. The van der Waals surface area contributed by atoms with Crippen molar-refractivity contribution in [3.8, 4) is 23.2 Å². The Balaban J connectivity index is 1.55. The number of furan rings is 2. The smallest absolute Gasteiger partial charge is 0.344 e. The maximum Gasteiger partial charge on any atom is 0.344 e. The van der Waals surface area contributed by atoms with Crippen LogP contribution in [-0.2, 0) is 0 Å². The summed E-state index contributed by atoms with van der Waals surface area (Å²) in [4.78, 5) is 22.3. The number of aromatic nitrogens is 4. The predicted molar refractivity (Wildman–Crippen MR) is 118 cm³/mol. The van der Waals surface area contributed by atoms with Crippen LogP contribution in [0.1, 0.15) is 22.8 Å². The molecule has 0 radical (unpaired) electrons. The van der Waals surface area contributed by atoms with Crippen molar-refractivity contribution in [3.63, 3.8) is 0 Å². The third kappa shape index (κ3) is 2.64. The van der Waals surface area contributed by atoms with Crippen LogP contribution < -0.4 is 10.4 Å². The van der Waals surface area contributed by atoms with Gasteiger partial charge in [-0.25, -0.2) is 19.3 Å². The molecule has 33 heavy (non-hydrogen) atoms. The lowest BCUT2D eigenvalue weighted by atomic mass is 9.88. The summed E-state index contributed by atoms with van der Waals surface area (Å²) in [5.41, 5.74) is 1.23. The van der Waals surface area contributed by atoms with Gasteiger partial charge in [0.05, 0.1) is 28.7 Å². The van der Waals surface area contributed by atoms with Crippen molar-refractivity contribution < 1.29 is 18.0 Å². The molecule has 0 aliphatic carbocycles. The number of fused-ring (bicyclic) bond motifs is 6. The number of benzene rings is 1. The van der Waals surface area contributed by atoms with Crippen molar-refractivity contribution in [2.75, 3.05) is 0 Å². The molecule has 6 aromatic rings. The lowest BCUT2D eigenvalue weighted by Gasteiger charge is -2.25. The minimum absolute atomic E-state index is 0.312. The number of ether oxygens (including phenoxy) is 1. The molecule has 0 saturated heterocycles. The fraction of sp³-hybridized carbons (Fsp3) is 0.0435. The summed E-state index contributed by atoms with van der Waals surface area (Å²) in [6, 6.07) is 14.3. The SMILES string of the molecule is O=c1oc2ccccc2c2c1C(c1ccco1)c1c(ncn3nc(-c4ccc(Br)o4)nc13)O2. The van der Waals surface area contributed by atoms with Crippen LogP contribution in [0.25, 0.3) is 28.2 Å². The first kappa shape index (κ1) is 18.4. The summed E-state index contributed by atoms with van der Waals surface area (Å²) in [5, 5.41) is 5.15. The lowest BCUT2D eigenvalue weighted by Crippen LogP contribution is -2.22. The van der Waals surface area contributed by atoms with Gasteiger partial charge < -0.3 is 18.0 Å². The molecule has 0 bridgehead atoms. The Bertz CT molecular complexity index is 1750. The minimum atomic E-state index is -0.656. The molecule has 1 aliphatic rings. The Kier molecular flexibility index (Phi) is 3.71. The summed E-state index contributed by atoms with van der Waals surface area (Å²) >= 11 is 3.30. The average molecular weight is 503 g/mol. The third-order valence-electron chi connectivity index (χ3n) is 5.58. The average Bonchev–Trinajstić information content (AvgIpc) is 3.58. The van der Waals surface area contributed by atoms with Gasteiger partial charge in [0.2, 0.25) is 11.7 Å². The second-order valence-corrected chi connectivity index (χ2v) is 8.23. The number of para-hydroxylation sites is 1. The Labute approximate surface area is 192 Å². The van der Waals surface area contributed by atoms with Crippen LogP contribution in [0.2, 0.25) is 0 Å². The first-order chi connectivity index (χ1) is 16.2.